The number of carboxylic acids is 1. The van der Waals surface area contributed by atoms with Gasteiger partial charge in [0.25, 0.3) is 0 Å². The molecule has 9 aliphatic rings. The third-order valence-corrected chi connectivity index (χ3v) is 21.4. The number of rotatable bonds is 12. The smallest absolute Gasteiger partial charge is 0.335 e. The lowest BCUT2D eigenvalue weighted by Gasteiger charge is -2.71. The van der Waals surface area contributed by atoms with Gasteiger partial charge in [0.15, 0.2) is 25.0 Å². The fraction of sp³-hybridized carbons (Fsp3) is 0.926. The van der Waals surface area contributed by atoms with E-state index in [0.29, 0.717) is 44.9 Å². The van der Waals surface area contributed by atoms with Crippen LogP contribution in [0.1, 0.15) is 113 Å². The summed E-state index contributed by atoms with van der Waals surface area (Å²) >= 11 is 0. The molecule has 5 aliphatic carbocycles. The van der Waals surface area contributed by atoms with Gasteiger partial charge >= 0.3 is 11.9 Å². The van der Waals surface area contributed by atoms with E-state index in [1.54, 1.807) is 0 Å². The lowest BCUT2D eigenvalue weighted by Crippen LogP contribution is -2.68. The first-order valence-corrected chi connectivity index (χ1v) is 27.8. The van der Waals surface area contributed by atoms with Crippen LogP contribution in [0, 0.1) is 50.2 Å². The molecule has 0 amide bonds. The Labute approximate surface area is 453 Å². The van der Waals surface area contributed by atoms with Crippen LogP contribution in [-0.4, -0.2) is 232 Å². The molecule has 28 unspecified atom stereocenters. The van der Waals surface area contributed by atoms with E-state index in [0.717, 1.165) is 19.3 Å². The van der Waals surface area contributed by atoms with E-state index in [4.69, 9.17) is 37.9 Å². The first-order valence-electron chi connectivity index (χ1n) is 27.8. The Morgan fingerprint density at radius 1 is 0.551 bits per heavy atom. The number of aliphatic hydroxyl groups is 13. The van der Waals surface area contributed by atoms with Gasteiger partial charge in [-0.3, -0.25) is 4.79 Å². The molecule has 78 heavy (non-hydrogen) atoms. The van der Waals surface area contributed by atoms with Gasteiger partial charge in [0.1, 0.15) is 91.6 Å². The number of carbonyl (C=O) groups is 2. The van der Waals surface area contributed by atoms with Gasteiger partial charge in [0, 0.05) is 0 Å². The number of carboxylic acid groups (broad SMARTS) is 1. The maximum Gasteiger partial charge on any atom is 0.335 e. The van der Waals surface area contributed by atoms with Crippen molar-refractivity contribution in [2.45, 2.75) is 242 Å². The number of hydrogen-bond acceptors (Lipinski definition) is 23. The number of ether oxygens (including phenoxy) is 8. The van der Waals surface area contributed by atoms with Crippen molar-refractivity contribution >= 4 is 11.9 Å². The average molecular weight is 1120 g/mol. The molecule has 4 saturated heterocycles. The van der Waals surface area contributed by atoms with E-state index in [1.807, 2.05) is 0 Å². The molecule has 4 aliphatic heterocycles. The summed E-state index contributed by atoms with van der Waals surface area (Å²) in [5, 5.41) is 149. The number of carbonyl (C=O) groups excluding carboxylic acids is 1. The van der Waals surface area contributed by atoms with Crippen molar-refractivity contribution in [3.8, 4) is 0 Å². The monoisotopic (exact) mass is 1120 g/mol. The van der Waals surface area contributed by atoms with E-state index in [-0.39, 0.29) is 39.4 Å². The predicted molar refractivity (Wildman–Crippen MR) is 263 cm³/mol. The summed E-state index contributed by atoms with van der Waals surface area (Å²) in [6.45, 7) is 13.2. The third kappa shape index (κ3) is 9.72. The Balaban J connectivity index is 0.972. The molecule has 24 nitrogen and oxygen atoms in total. The minimum atomic E-state index is -2.10. The number of allylic oxidation sites excluding steroid dienone is 2. The van der Waals surface area contributed by atoms with Crippen LogP contribution in [0.25, 0.3) is 0 Å². The van der Waals surface area contributed by atoms with Gasteiger partial charge in [-0.05, 0) is 109 Å². The molecule has 9 rings (SSSR count). The molecule has 446 valence electrons. The Morgan fingerprint density at radius 2 is 1.06 bits per heavy atom. The molecule has 0 bridgehead atoms. The highest BCUT2D eigenvalue weighted by molar-refractivity contribution is 5.79. The number of aliphatic carboxylic acids is 1. The van der Waals surface area contributed by atoms with Gasteiger partial charge in [-0.1, -0.05) is 60.1 Å². The van der Waals surface area contributed by atoms with Crippen LogP contribution in [0.15, 0.2) is 11.6 Å². The van der Waals surface area contributed by atoms with Crippen molar-refractivity contribution in [3.63, 3.8) is 0 Å². The van der Waals surface area contributed by atoms with Crippen molar-refractivity contribution < 1.29 is 119 Å². The SMILES string of the molecule is CC1(C)CCC2(C(=O)OC3OC(CO)C(O)C(O)C3O)CCC3(C)C(=CCC4C5(C)CCC(OC6OC(C(=O)O)C(O)C(O)C6OC6OC(CO)C(O)C(O)C6OC6OC(CO)C(O)C(O)C6O)C(C)(C)C5CCC43C)C2C1. The molecule has 0 radical (unpaired) electrons. The fourth-order valence-corrected chi connectivity index (χ4v) is 16.5. The molecule has 28 atom stereocenters. The number of fused-ring (bicyclic) bond motifs is 7. The second-order valence-corrected chi connectivity index (χ2v) is 26.3. The Bertz CT molecular complexity index is 2190. The molecule has 0 aromatic heterocycles. The van der Waals surface area contributed by atoms with E-state index in [9.17, 15) is 81.1 Å². The Kier molecular flexibility index (Phi) is 16.9. The quantitative estimate of drug-likeness (QED) is 0.0574. The summed E-state index contributed by atoms with van der Waals surface area (Å²) in [6, 6.07) is 0. The fourth-order valence-electron chi connectivity index (χ4n) is 16.5. The van der Waals surface area contributed by atoms with Gasteiger partial charge < -0.3 is 109 Å². The first-order chi connectivity index (χ1) is 36.5. The normalized spacial score (nSPS) is 52.8. The molecule has 0 aromatic rings. The van der Waals surface area contributed by atoms with Crippen LogP contribution in [0.5, 0.6) is 0 Å². The summed E-state index contributed by atoms with van der Waals surface area (Å²) < 4.78 is 47.9. The van der Waals surface area contributed by atoms with Crippen LogP contribution in [0.2, 0.25) is 0 Å². The maximum absolute atomic E-state index is 14.8. The maximum atomic E-state index is 14.8. The zero-order valence-electron chi connectivity index (χ0n) is 45.5. The lowest BCUT2D eigenvalue weighted by atomic mass is 9.33. The highest BCUT2D eigenvalue weighted by atomic mass is 16.8. The van der Waals surface area contributed by atoms with Gasteiger partial charge in [-0.2, -0.15) is 0 Å². The largest absolute Gasteiger partial charge is 0.479 e. The lowest BCUT2D eigenvalue weighted by molar-refractivity contribution is -0.396. The number of esters is 1. The second kappa shape index (κ2) is 21.8. The van der Waals surface area contributed by atoms with Gasteiger partial charge in [0.2, 0.25) is 6.29 Å². The summed E-state index contributed by atoms with van der Waals surface area (Å²) in [7, 11) is 0. The van der Waals surface area contributed by atoms with E-state index < -0.39 is 172 Å². The zero-order chi connectivity index (χ0) is 57.1. The number of hydrogen-bond donors (Lipinski definition) is 14. The molecule has 4 saturated carbocycles. The standard InChI is InChI=1S/C54H86O24/c1-49(2)14-16-54(48(70)78-45-39(67)34(62)31(59)25(20-56)72-45)17-15-52(6)22(23(54)18-49)8-9-28-51(5)12-11-29(50(3,4)27(51)10-13-53(28,52)7)74-47-42(37(65)36(64)40(75-47)43(68)69)77-46-41(35(63)32(60)26(21-57)73-46)76-44-38(66)33(61)30(58)24(19-55)71-44/h8,23-42,44-47,55-67H,9-21H2,1-7H3,(H,68,69). The first kappa shape index (κ1) is 60.5. The molecule has 0 aromatic carbocycles. The van der Waals surface area contributed by atoms with Gasteiger partial charge in [-0.25, -0.2) is 4.79 Å². The molecule has 14 N–H and O–H groups in total. The molecule has 8 fully saturated rings. The molecular formula is C54H86O24. The van der Waals surface area contributed by atoms with Crippen LogP contribution >= 0.6 is 0 Å². The van der Waals surface area contributed by atoms with Gasteiger partial charge in [0.05, 0.1) is 31.3 Å². The Hall–Kier alpha value is -2.12. The van der Waals surface area contributed by atoms with Crippen molar-refractivity contribution in [2.75, 3.05) is 19.8 Å². The summed E-state index contributed by atoms with van der Waals surface area (Å²) in [6.07, 6.45) is -27.6. The predicted octanol–water partition coefficient (Wildman–Crippen LogP) is -1.94. The van der Waals surface area contributed by atoms with E-state index >= 15 is 0 Å². The Morgan fingerprint density at radius 3 is 1.65 bits per heavy atom. The summed E-state index contributed by atoms with van der Waals surface area (Å²) in [5.74, 6) is -2.23. The zero-order valence-corrected chi connectivity index (χ0v) is 45.5. The van der Waals surface area contributed by atoms with E-state index in [2.05, 4.69) is 54.5 Å². The minimum Gasteiger partial charge on any atom is -0.479 e. The van der Waals surface area contributed by atoms with E-state index in [1.165, 1.54) is 5.57 Å². The summed E-state index contributed by atoms with van der Waals surface area (Å²) in [4.78, 5) is 27.3. The van der Waals surface area contributed by atoms with Crippen LogP contribution in [-0.2, 0) is 47.5 Å². The van der Waals surface area contributed by atoms with Crippen molar-refractivity contribution in [2.24, 2.45) is 50.2 Å². The van der Waals surface area contributed by atoms with Crippen LogP contribution in [0.4, 0.5) is 0 Å². The van der Waals surface area contributed by atoms with Crippen molar-refractivity contribution in [1.82, 2.24) is 0 Å². The second-order valence-electron chi connectivity index (χ2n) is 26.3. The minimum absolute atomic E-state index is 0.00105. The average Bonchev–Trinajstić information content (AvgIpc) is 2.97. The molecule has 4 heterocycles. The number of aliphatic hydroxyl groups excluding tert-OH is 13. The topological polar surface area (TPSA) is 391 Å². The van der Waals surface area contributed by atoms with Gasteiger partial charge in [-0.15, -0.1) is 0 Å². The van der Waals surface area contributed by atoms with Crippen LogP contribution < -0.4 is 0 Å². The van der Waals surface area contributed by atoms with Crippen LogP contribution in [0.3, 0.4) is 0 Å². The molecule has 0 spiro atoms. The highest BCUT2D eigenvalue weighted by Crippen LogP contribution is 2.76. The highest BCUT2D eigenvalue weighted by Gasteiger charge is 2.70. The molecular weight excluding hydrogens is 1030 g/mol. The van der Waals surface area contributed by atoms with Crippen molar-refractivity contribution in [3.05, 3.63) is 11.6 Å². The van der Waals surface area contributed by atoms with Crippen molar-refractivity contribution in [1.29, 1.82) is 0 Å². The molecule has 24 heteroatoms. The summed E-state index contributed by atoms with van der Waals surface area (Å²) in [5.41, 5.74) is -1.46. The third-order valence-electron chi connectivity index (χ3n) is 21.4.